The Morgan fingerprint density at radius 2 is 1.69 bits per heavy atom. The van der Waals surface area contributed by atoms with Gasteiger partial charge in [0.15, 0.2) is 0 Å². The van der Waals surface area contributed by atoms with Crippen LogP contribution in [0.5, 0.6) is 0 Å². The highest BCUT2D eigenvalue weighted by Crippen LogP contribution is 2.44. The van der Waals surface area contributed by atoms with Crippen LogP contribution in [0.4, 0.5) is 4.79 Å². The van der Waals surface area contributed by atoms with E-state index in [9.17, 15) is 14.7 Å². The number of hydrogen-bond donors (Lipinski definition) is 2. The monoisotopic (exact) mass is 471 g/mol. The summed E-state index contributed by atoms with van der Waals surface area (Å²) < 4.78 is 6.28. The number of benzene rings is 2. The number of carbonyl (C=O) groups is 2. The molecule has 0 fully saturated rings. The molecule has 148 valence electrons. The summed E-state index contributed by atoms with van der Waals surface area (Å²) in [5, 5.41) is 13.8. The molecule has 1 amide bonds. The normalized spacial score (nSPS) is 13.4. The van der Waals surface area contributed by atoms with Gasteiger partial charge >= 0.3 is 12.1 Å². The van der Waals surface area contributed by atoms with Gasteiger partial charge in [-0.05, 0) is 49.6 Å². The summed E-state index contributed by atoms with van der Waals surface area (Å²) in [6, 6.07) is 16.9. The van der Waals surface area contributed by atoms with Crippen molar-refractivity contribution in [2.75, 3.05) is 6.61 Å². The Morgan fingerprint density at radius 3 is 2.24 bits per heavy atom. The second-order valence-corrected chi connectivity index (χ2v) is 8.61. The highest BCUT2D eigenvalue weighted by molar-refractivity contribution is 9.10. The molecule has 0 saturated heterocycles. The lowest BCUT2D eigenvalue weighted by Gasteiger charge is -2.17. The highest BCUT2D eigenvalue weighted by Gasteiger charge is 2.30. The zero-order valence-electron chi connectivity index (χ0n) is 15.3. The number of rotatable bonds is 6. The molecule has 0 radical (unpaired) electrons. The summed E-state index contributed by atoms with van der Waals surface area (Å²) in [6.45, 7) is 0.148. The molecule has 1 aliphatic rings. The largest absolute Gasteiger partial charge is 0.480 e. The van der Waals surface area contributed by atoms with Crippen molar-refractivity contribution >= 4 is 39.3 Å². The Hall–Kier alpha value is -2.64. The maximum Gasteiger partial charge on any atom is 0.407 e. The van der Waals surface area contributed by atoms with E-state index in [0.717, 1.165) is 31.6 Å². The van der Waals surface area contributed by atoms with E-state index in [4.69, 9.17) is 4.74 Å². The van der Waals surface area contributed by atoms with Gasteiger partial charge in [0.05, 0.1) is 0 Å². The van der Waals surface area contributed by atoms with Gasteiger partial charge in [0.2, 0.25) is 0 Å². The van der Waals surface area contributed by atoms with E-state index in [-0.39, 0.29) is 18.9 Å². The number of carboxylic acid groups (broad SMARTS) is 1. The first-order valence-electron chi connectivity index (χ1n) is 9.10. The van der Waals surface area contributed by atoms with Gasteiger partial charge in [-0.2, -0.15) is 0 Å². The van der Waals surface area contributed by atoms with Crippen LogP contribution in [-0.4, -0.2) is 29.8 Å². The van der Waals surface area contributed by atoms with Crippen LogP contribution in [0.15, 0.2) is 64.5 Å². The fourth-order valence-electron chi connectivity index (χ4n) is 3.64. The van der Waals surface area contributed by atoms with Crippen molar-refractivity contribution in [1.82, 2.24) is 5.32 Å². The maximum absolute atomic E-state index is 12.3. The molecule has 7 heteroatoms. The molecule has 0 spiro atoms. The third-order valence-electron chi connectivity index (χ3n) is 5.01. The second kappa shape index (κ2) is 8.39. The number of nitrogens with one attached hydrogen (secondary N) is 1. The SMILES string of the molecule is O=C(N[C@@H](Cc1sccc1Br)C(=O)O)OCC1c2ccccc2-c2ccccc21. The van der Waals surface area contributed by atoms with Crippen LogP contribution in [0.2, 0.25) is 0 Å². The van der Waals surface area contributed by atoms with Crippen LogP contribution in [0, 0.1) is 0 Å². The van der Waals surface area contributed by atoms with Crippen LogP contribution >= 0.6 is 27.3 Å². The lowest BCUT2D eigenvalue weighted by atomic mass is 9.98. The van der Waals surface area contributed by atoms with E-state index < -0.39 is 18.1 Å². The van der Waals surface area contributed by atoms with Crippen molar-refractivity contribution in [2.24, 2.45) is 0 Å². The van der Waals surface area contributed by atoms with Gasteiger partial charge < -0.3 is 15.2 Å². The van der Waals surface area contributed by atoms with Gasteiger partial charge in [-0.15, -0.1) is 11.3 Å². The zero-order chi connectivity index (χ0) is 20.4. The van der Waals surface area contributed by atoms with Gasteiger partial charge in [-0.3, -0.25) is 0 Å². The summed E-state index contributed by atoms with van der Waals surface area (Å²) in [6.07, 6.45) is -0.537. The van der Waals surface area contributed by atoms with Gasteiger partial charge in [0.25, 0.3) is 0 Å². The number of thiophene rings is 1. The molecule has 1 aliphatic carbocycles. The number of carbonyl (C=O) groups excluding carboxylic acids is 1. The Balaban J connectivity index is 1.44. The average molecular weight is 472 g/mol. The average Bonchev–Trinajstić information content (AvgIpc) is 3.27. The minimum absolute atomic E-state index is 0.0668. The van der Waals surface area contributed by atoms with Crippen LogP contribution in [-0.2, 0) is 16.0 Å². The molecule has 0 saturated carbocycles. The van der Waals surface area contributed by atoms with E-state index >= 15 is 0 Å². The van der Waals surface area contributed by atoms with Crippen LogP contribution in [0.25, 0.3) is 11.1 Å². The molecule has 3 aromatic rings. The number of alkyl carbamates (subject to hydrolysis) is 1. The number of aliphatic carboxylic acids is 1. The number of halogens is 1. The van der Waals surface area contributed by atoms with Crippen molar-refractivity contribution in [3.05, 3.63) is 80.5 Å². The molecule has 5 nitrogen and oxygen atoms in total. The molecule has 29 heavy (non-hydrogen) atoms. The molecule has 1 atom stereocenters. The highest BCUT2D eigenvalue weighted by atomic mass is 79.9. The van der Waals surface area contributed by atoms with E-state index in [1.807, 2.05) is 47.8 Å². The number of ether oxygens (including phenoxy) is 1. The minimum Gasteiger partial charge on any atom is -0.480 e. The van der Waals surface area contributed by atoms with Crippen molar-refractivity contribution in [2.45, 2.75) is 18.4 Å². The van der Waals surface area contributed by atoms with Crippen molar-refractivity contribution in [3.8, 4) is 11.1 Å². The van der Waals surface area contributed by atoms with Gasteiger partial charge in [-0.25, -0.2) is 9.59 Å². The minimum atomic E-state index is -1.10. The standard InChI is InChI=1S/C22H18BrNO4S/c23-18-9-10-29-20(18)11-19(21(25)26)24-22(27)28-12-17-15-7-3-1-5-13(15)14-6-2-4-8-16(14)17/h1-10,17,19H,11-12H2,(H,24,27)(H,25,26)/t19-/m0/s1. The van der Waals surface area contributed by atoms with Gasteiger partial charge in [0, 0.05) is 21.7 Å². The van der Waals surface area contributed by atoms with Crippen LogP contribution < -0.4 is 5.32 Å². The maximum atomic E-state index is 12.3. The summed E-state index contributed by atoms with van der Waals surface area (Å²) in [5.74, 6) is -1.17. The van der Waals surface area contributed by atoms with E-state index in [1.165, 1.54) is 11.3 Å². The molecule has 4 rings (SSSR count). The zero-order valence-corrected chi connectivity index (χ0v) is 17.7. The van der Waals surface area contributed by atoms with Gasteiger partial charge in [-0.1, -0.05) is 48.5 Å². The number of amides is 1. The summed E-state index contributed by atoms with van der Waals surface area (Å²) in [5.41, 5.74) is 4.50. The Morgan fingerprint density at radius 1 is 1.07 bits per heavy atom. The quantitative estimate of drug-likeness (QED) is 0.527. The van der Waals surface area contributed by atoms with Crippen molar-refractivity contribution in [1.29, 1.82) is 0 Å². The molecule has 0 unspecified atom stereocenters. The molecule has 0 aliphatic heterocycles. The van der Waals surface area contributed by atoms with Crippen molar-refractivity contribution < 1.29 is 19.4 Å². The first-order chi connectivity index (χ1) is 14.0. The molecule has 1 heterocycles. The van der Waals surface area contributed by atoms with Crippen molar-refractivity contribution in [3.63, 3.8) is 0 Å². The van der Waals surface area contributed by atoms with Crippen LogP contribution in [0.3, 0.4) is 0 Å². The first-order valence-corrected chi connectivity index (χ1v) is 10.8. The Bertz CT molecular complexity index is 1020. The summed E-state index contributed by atoms with van der Waals surface area (Å²) in [7, 11) is 0. The van der Waals surface area contributed by atoms with Gasteiger partial charge in [0.1, 0.15) is 12.6 Å². The number of hydrogen-bond acceptors (Lipinski definition) is 4. The smallest absolute Gasteiger partial charge is 0.407 e. The molecule has 2 N–H and O–H groups in total. The molecule has 0 bridgehead atoms. The summed E-state index contributed by atoms with van der Waals surface area (Å²) in [4.78, 5) is 24.8. The third-order valence-corrected chi connectivity index (χ3v) is 6.96. The molecule has 2 aromatic carbocycles. The third kappa shape index (κ3) is 4.06. The molecule has 1 aromatic heterocycles. The fourth-order valence-corrected chi connectivity index (χ4v) is 5.20. The lowest BCUT2D eigenvalue weighted by molar-refractivity contribution is -0.139. The fraction of sp³-hybridized carbons (Fsp3) is 0.182. The first kappa shape index (κ1) is 19.7. The summed E-state index contributed by atoms with van der Waals surface area (Å²) >= 11 is 4.83. The number of carboxylic acids is 1. The van der Waals surface area contributed by atoms with E-state index in [1.54, 1.807) is 0 Å². The van der Waals surface area contributed by atoms with Crippen LogP contribution in [0.1, 0.15) is 21.9 Å². The Labute approximate surface area is 180 Å². The topological polar surface area (TPSA) is 75.6 Å². The Kier molecular flexibility index (Phi) is 5.69. The predicted octanol–water partition coefficient (Wildman–Crippen LogP) is 5.05. The van der Waals surface area contributed by atoms with E-state index in [0.29, 0.717) is 0 Å². The molecular weight excluding hydrogens is 454 g/mol. The second-order valence-electron chi connectivity index (χ2n) is 6.76. The molecular formula is C22H18BrNO4S. The lowest BCUT2D eigenvalue weighted by Crippen LogP contribution is -2.42. The predicted molar refractivity (Wildman–Crippen MR) is 115 cm³/mol. The number of fused-ring (bicyclic) bond motifs is 3. The van der Waals surface area contributed by atoms with E-state index in [2.05, 4.69) is 33.4 Å².